The van der Waals surface area contributed by atoms with Gasteiger partial charge in [-0.15, -0.1) is 0 Å². The predicted molar refractivity (Wildman–Crippen MR) is 63.2 cm³/mol. The molecule has 1 rings (SSSR count). The van der Waals surface area contributed by atoms with Crippen LogP contribution in [0, 0.1) is 11.3 Å². The third-order valence-electron chi connectivity index (χ3n) is 2.16. The number of halogens is 3. The van der Waals surface area contributed by atoms with E-state index in [1.54, 1.807) is 11.4 Å². The van der Waals surface area contributed by atoms with Crippen LogP contribution < -0.4 is 10.6 Å². The zero-order chi connectivity index (χ0) is 15.2. The van der Waals surface area contributed by atoms with Gasteiger partial charge < -0.3 is 10.6 Å². The topological polar surface area (TPSA) is 82.0 Å². The van der Waals surface area contributed by atoms with Gasteiger partial charge in [-0.3, -0.25) is 9.59 Å². The van der Waals surface area contributed by atoms with Gasteiger partial charge in [0.15, 0.2) is 0 Å². The van der Waals surface area contributed by atoms with E-state index in [4.69, 9.17) is 5.26 Å². The van der Waals surface area contributed by atoms with Crippen molar-refractivity contribution < 1.29 is 22.8 Å². The number of rotatable bonds is 4. The molecule has 0 aliphatic heterocycles. The van der Waals surface area contributed by atoms with Gasteiger partial charge in [0, 0.05) is 12.2 Å². The molecule has 1 aromatic carbocycles. The molecule has 0 aliphatic rings. The van der Waals surface area contributed by atoms with E-state index in [2.05, 4.69) is 5.32 Å². The van der Waals surface area contributed by atoms with Gasteiger partial charge in [0.05, 0.1) is 6.07 Å². The Morgan fingerprint density at radius 1 is 1.30 bits per heavy atom. The molecular weight excluding hydrogens is 275 g/mol. The molecule has 0 spiro atoms. The van der Waals surface area contributed by atoms with Crippen molar-refractivity contribution in [3.63, 3.8) is 0 Å². The van der Waals surface area contributed by atoms with Crippen molar-refractivity contribution >= 4 is 17.5 Å². The van der Waals surface area contributed by atoms with Crippen LogP contribution in [0.2, 0.25) is 0 Å². The molecule has 8 heteroatoms. The van der Waals surface area contributed by atoms with Crippen molar-refractivity contribution in [2.75, 3.05) is 5.32 Å². The maximum absolute atomic E-state index is 12.0. The van der Waals surface area contributed by atoms with Crippen LogP contribution >= 0.6 is 0 Å². The first-order valence-electron chi connectivity index (χ1n) is 5.43. The van der Waals surface area contributed by atoms with Crippen LogP contribution in [0.3, 0.4) is 0 Å². The third kappa shape index (κ3) is 4.97. The predicted octanol–water partition coefficient (Wildman–Crippen LogP) is 1.72. The SMILES string of the molecule is N#CCC(=O)Nc1cccc(CNC(=O)C(F)(F)F)c1. The van der Waals surface area contributed by atoms with E-state index in [1.165, 1.54) is 24.3 Å². The van der Waals surface area contributed by atoms with Crippen molar-refractivity contribution in [3.8, 4) is 6.07 Å². The summed E-state index contributed by atoms with van der Waals surface area (Å²) in [7, 11) is 0. The molecule has 0 saturated heterocycles. The molecule has 0 bridgehead atoms. The highest BCUT2D eigenvalue weighted by atomic mass is 19.4. The smallest absolute Gasteiger partial charge is 0.344 e. The first-order chi connectivity index (χ1) is 9.32. The highest BCUT2D eigenvalue weighted by Crippen LogP contribution is 2.15. The number of nitrogens with zero attached hydrogens (tertiary/aromatic N) is 1. The number of amides is 2. The van der Waals surface area contributed by atoms with Gasteiger partial charge in [-0.25, -0.2) is 0 Å². The molecule has 0 radical (unpaired) electrons. The lowest BCUT2D eigenvalue weighted by Gasteiger charge is -2.09. The Labute approximate surface area is 112 Å². The molecule has 20 heavy (non-hydrogen) atoms. The molecule has 0 saturated carbocycles. The van der Waals surface area contributed by atoms with Crippen LogP contribution in [0.5, 0.6) is 0 Å². The summed E-state index contributed by atoms with van der Waals surface area (Å²) in [6, 6.07) is 7.60. The third-order valence-corrected chi connectivity index (χ3v) is 2.16. The first kappa shape index (κ1) is 15.5. The summed E-state index contributed by atoms with van der Waals surface area (Å²) in [5, 5.41) is 12.4. The van der Waals surface area contributed by atoms with Crippen molar-refractivity contribution in [1.29, 1.82) is 5.26 Å². The molecule has 0 aliphatic carbocycles. The van der Waals surface area contributed by atoms with Crippen LogP contribution in [0.25, 0.3) is 0 Å². The quantitative estimate of drug-likeness (QED) is 0.883. The number of alkyl halides is 3. The molecule has 0 fully saturated rings. The zero-order valence-corrected chi connectivity index (χ0v) is 10.1. The molecule has 1 aromatic rings. The molecule has 0 unspecified atom stereocenters. The van der Waals surface area contributed by atoms with E-state index in [0.717, 1.165) is 0 Å². The standard InChI is InChI=1S/C12H10F3N3O2/c13-12(14,15)11(20)17-7-8-2-1-3-9(6-8)18-10(19)4-5-16/h1-3,6H,4,7H2,(H,17,20)(H,18,19). The van der Waals surface area contributed by atoms with Gasteiger partial charge in [-0.2, -0.15) is 18.4 Å². The first-order valence-corrected chi connectivity index (χ1v) is 5.43. The van der Waals surface area contributed by atoms with Crippen molar-refractivity contribution in [3.05, 3.63) is 29.8 Å². The lowest BCUT2D eigenvalue weighted by molar-refractivity contribution is -0.173. The van der Waals surface area contributed by atoms with Crippen molar-refractivity contribution in [2.24, 2.45) is 0 Å². The van der Waals surface area contributed by atoms with Crippen LogP contribution in [0.15, 0.2) is 24.3 Å². The molecule has 0 aromatic heterocycles. The second-order valence-electron chi connectivity index (χ2n) is 3.76. The number of benzene rings is 1. The largest absolute Gasteiger partial charge is 0.471 e. The Morgan fingerprint density at radius 2 is 2.00 bits per heavy atom. The summed E-state index contributed by atoms with van der Waals surface area (Å²) in [5.41, 5.74) is 0.723. The summed E-state index contributed by atoms with van der Waals surface area (Å²) in [6.07, 6.45) is -5.26. The normalized spacial score (nSPS) is 10.5. The number of hydrogen-bond donors (Lipinski definition) is 2. The molecule has 2 amide bonds. The number of carbonyl (C=O) groups is 2. The molecule has 106 valence electrons. The number of nitrogens with one attached hydrogen (secondary N) is 2. The zero-order valence-electron chi connectivity index (χ0n) is 10.1. The van der Waals surface area contributed by atoms with Crippen LogP contribution in [-0.2, 0) is 16.1 Å². The average molecular weight is 285 g/mol. The fourth-order valence-corrected chi connectivity index (χ4v) is 1.32. The van der Waals surface area contributed by atoms with Gasteiger partial charge in [-0.05, 0) is 17.7 Å². The fraction of sp³-hybridized carbons (Fsp3) is 0.250. The fourth-order valence-electron chi connectivity index (χ4n) is 1.32. The van der Waals surface area contributed by atoms with Crippen LogP contribution in [0.4, 0.5) is 18.9 Å². The van der Waals surface area contributed by atoms with Gasteiger partial charge in [0.1, 0.15) is 6.42 Å². The minimum Gasteiger partial charge on any atom is -0.344 e. The van der Waals surface area contributed by atoms with E-state index in [1.807, 2.05) is 0 Å². The van der Waals surface area contributed by atoms with Crippen molar-refractivity contribution in [2.45, 2.75) is 19.1 Å². The van der Waals surface area contributed by atoms with Gasteiger partial charge in [-0.1, -0.05) is 12.1 Å². The Morgan fingerprint density at radius 3 is 2.60 bits per heavy atom. The van der Waals surface area contributed by atoms with E-state index in [-0.39, 0.29) is 13.0 Å². The summed E-state index contributed by atoms with van der Waals surface area (Å²) < 4.78 is 36.0. The number of carbonyl (C=O) groups excluding carboxylic acids is 2. The Balaban J connectivity index is 2.63. The van der Waals surface area contributed by atoms with Crippen LogP contribution in [0.1, 0.15) is 12.0 Å². The molecule has 0 heterocycles. The average Bonchev–Trinajstić information content (AvgIpc) is 2.35. The van der Waals surface area contributed by atoms with Gasteiger partial charge in [0.25, 0.3) is 0 Å². The Bertz CT molecular complexity index is 550. The second-order valence-corrected chi connectivity index (χ2v) is 3.76. The number of hydrogen-bond acceptors (Lipinski definition) is 3. The summed E-state index contributed by atoms with van der Waals surface area (Å²) in [4.78, 5) is 21.8. The summed E-state index contributed by atoms with van der Waals surface area (Å²) >= 11 is 0. The maximum atomic E-state index is 12.0. The monoisotopic (exact) mass is 285 g/mol. The second kappa shape index (κ2) is 6.56. The number of nitriles is 1. The summed E-state index contributed by atoms with van der Waals surface area (Å²) in [5.74, 6) is -2.56. The Hall–Kier alpha value is -2.56. The van der Waals surface area contributed by atoms with Gasteiger partial charge >= 0.3 is 12.1 Å². The Kier molecular flexibility index (Phi) is 5.08. The molecule has 2 N–H and O–H groups in total. The highest BCUT2D eigenvalue weighted by Gasteiger charge is 2.38. The summed E-state index contributed by atoms with van der Waals surface area (Å²) in [6.45, 7) is -0.319. The van der Waals surface area contributed by atoms with E-state index >= 15 is 0 Å². The van der Waals surface area contributed by atoms with E-state index in [9.17, 15) is 22.8 Å². The van der Waals surface area contributed by atoms with E-state index < -0.39 is 18.0 Å². The molecule has 5 nitrogen and oxygen atoms in total. The molecule has 0 atom stereocenters. The number of anilines is 1. The minimum absolute atomic E-state index is 0.319. The minimum atomic E-state index is -4.93. The van der Waals surface area contributed by atoms with Crippen LogP contribution in [-0.4, -0.2) is 18.0 Å². The van der Waals surface area contributed by atoms with Crippen molar-refractivity contribution in [1.82, 2.24) is 5.32 Å². The van der Waals surface area contributed by atoms with E-state index in [0.29, 0.717) is 11.3 Å². The maximum Gasteiger partial charge on any atom is 0.471 e. The molecular formula is C12H10F3N3O2. The lowest BCUT2D eigenvalue weighted by atomic mass is 10.2. The van der Waals surface area contributed by atoms with Gasteiger partial charge in [0.2, 0.25) is 5.91 Å². The lowest BCUT2D eigenvalue weighted by Crippen LogP contribution is -2.36. The highest BCUT2D eigenvalue weighted by molar-refractivity contribution is 5.92.